The maximum Gasteiger partial charge on any atom is 0.336 e. The van der Waals surface area contributed by atoms with Crippen molar-refractivity contribution in [1.82, 2.24) is 0 Å². The summed E-state index contributed by atoms with van der Waals surface area (Å²) in [6, 6.07) is 15.5. The van der Waals surface area contributed by atoms with Crippen molar-refractivity contribution in [3.63, 3.8) is 0 Å². The zero-order valence-electron chi connectivity index (χ0n) is 12.4. The van der Waals surface area contributed by atoms with Crippen molar-refractivity contribution in [2.75, 3.05) is 5.32 Å². The Morgan fingerprint density at radius 3 is 2.64 bits per heavy atom. The summed E-state index contributed by atoms with van der Waals surface area (Å²) in [5.41, 5.74) is 4.43. The number of aryl methyl sites for hydroxylation is 1. The highest BCUT2D eigenvalue weighted by Gasteiger charge is 2.03. The maximum absolute atomic E-state index is 11.5. The van der Waals surface area contributed by atoms with E-state index in [9.17, 15) is 4.79 Å². The van der Waals surface area contributed by atoms with E-state index in [0.717, 1.165) is 22.2 Å². The van der Waals surface area contributed by atoms with Gasteiger partial charge in [0.2, 0.25) is 0 Å². The third kappa shape index (κ3) is 2.93. The second-order valence-electron chi connectivity index (χ2n) is 5.26. The topological polar surface area (TPSA) is 42.2 Å². The molecule has 1 heterocycles. The van der Waals surface area contributed by atoms with Gasteiger partial charge in [-0.15, -0.1) is 0 Å². The summed E-state index contributed by atoms with van der Waals surface area (Å²) in [4.78, 5) is 11.5. The zero-order valence-corrected chi connectivity index (χ0v) is 12.4. The van der Waals surface area contributed by atoms with Crippen LogP contribution >= 0.6 is 0 Å². The van der Waals surface area contributed by atoms with Crippen LogP contribution in [-0.4, -0.2) is 0 Å². The van der Waals surface area contributed by atoms with Crippen LogP contribution < -0.4 is 10.9 Å². The molecule has 0 saturated carbocycles. The Kier molecular flexibility index (Phi) is 3.79. The highest BCUT2D eigenvalue weighted by Crippen LogP contribution is 2.21. The van der Waals surface area contributed by atoms with Gasteiger partial charge in [-0.2, -0.15) is 0 Å². The van der Waals surface area contributed by atoms with E-state index in [2.05, 4.69) is 24.0 Å². The van der Waals surface area contributed by atoms with Crippen molar-refractivity contribution in [1.29, 1.82) is 0 Å². The molecule has 0 atom stereocenters. The first-order chi connectivity index (χ1) is 10.7. The van der Waals surface area contributed by atoms with Gasteiger partial charge in [0.05, 0.1) is 0 Å². The predicted octanol–water partition coefficient (Wildman–Crippen LogP) is 4.36. The monoisotopic (exact) mass is 291 g/mol. The minimum Gasteiger partial charge on any atom is -0.423 e. The van der Waals surface area contributed by atoms with Crippen LogP contribution in [0.3, 0.4) is 0 Å². The van der Waals surface area contributed by atoms with Gasteiger partial charge in [0.1, 0.15) is 5.58 Å². The molecule has 0 saturated heterocycles. The number of benzene rings is 2. The molecule has 3 aromatic rings. The Bertz CT molecular complexity index is 876. The summed E-state index contributed by atoms with van der Waals surface area (Å²) >= 11 is 0. The summed E-state index contributed by atoms with van der Waals surface area (Å²) in [6.45, 7) is 6.36. The second kappa shape index (κ2) is 5.90. The number of hydrogen-bond donors (Lipinski definition) is 1. The van der Waals surface area contributed by atoms with E-state index in [0.29, 0.717) is 12.1 Å². The quantitative estimate of drug-likeness (QED) is 0.726. The standard InChI is InChI=1S/C19H17NO2/c1-3-14-4-6-15(7-5-14)12-20-16-8-9-17-13(2)10-19(21)22-18(17)11-16/h3-11,20H,1,12H2,2H3. The number of rotatable bonds is 4. The number of anilines is 1. The van der Waals surface area contributed by atoms with Crippen LogP contribution in [0.1, 0.15) is 16.7 Å². The van der Waals surface area contributed by atoms with E-state index in [-0.39, 0.29) is 5.63 Å². The van der Waals surface area contributed by atoms with Crippen LogP contribution in [0.5, 0.6) is 0 Å². The van der Waals surface area contributed by atoms with E-state index in [1.165, 1.54) is 11.6 Å². The fraction of sp³-hybridized carbons (Fsp3) is 0.105. The lowest BCUT2D eigenvalue weighted by atomic mass is 10.1. The molecule has 2 aromatic carbocycles. The van der Waals surface area contributed by atoms with Crippen LogP contribution in [0.15, 0.2) is 64.3 Å². The van der Waals surface area contributed by atoms with E-state index in [4.69, 9.17) is 4.42 Å². The summed E-state index contributed by atoms with van der Waals surface area (Å²) in [5, 5.41) is 4.30. The van der Waals surface area contributed by atoms with Gasteiger partial charge < -0.3 is 9.73 Å². The average molecular weight is 291 g/mol. The van der Waals surface area contributed by atoms with Gasteiger partial charge in [-0.25, -0.2) is 4.79 Å². The molecule has 0 radical (unpaired) electrons. The Morgan fingerprint density at radius 1 is 1.14 bits per heavy atom. The number of fused-ring (bicyclic) bond motifs is 1. The highest BCUT2D eigenvalue weighted by atomic mass is 16.4. The van der Waals surface area contributed by atoms with Crippen molar-refractivity contribution in [2.24, 2.45) is 0 Å². The Balaban J connectivity index is 1.81. The molecule has 0 spiro atoms. The SMILES string of the molecule is C=Cc1ccc(CNc2ccc3c(C)cc(=O)oc3c2)cc1. The molecule has 0 fully saturated rings. The smallest absolute Gasteiger partial charge is 0.336 e. The molecule has 0 aliphatic heterocycles. The second-order valence-corrected chi connectivity index (χ2v) is 5.26. The summed E-state index contributed by atoms with van der Waals surface area (Å²) in [6.07, 6.45) is 1.82. The Morgan fingerprint density at radius 2 is 1.91 bits per heavy atom. The van der Waals surface area contributed by atoms with Crippen molar-refractivity contribution < 1.29 is 4.42 Å². The molecule has 3 heteroatoms. The number of hydrogen-bond acceptors (Lipinski definition) is 3. The maximum atomic E-state index is 11.5. The summed E-state index contributed by atoms with van der Waals surface area (Å²) < 4.78 is 5.26. The third-order valence-corrected chi connectivity index (χ3v) is 3.66. The van der Waals surface area contributed by atoms with Crippen molar-refractivity contribution in [3.05, 3.63) is 82.2 Å². The molecule has 0 amide bonds. The Hall–Kier alpha value is -2.81. The van der Waals surface area contributed by atoms with Crippen molar-refractivity contribution in [2.45, 2.75) is 13.5 Å². The molecule has 0 aliphatic carbocycles. The molecule has 0 bridgehead atoms. The lowest BCUT2D eigenvalue weighted by Crippen LogP contribution is -2.01. The van der Waals surface area contributed by atoms with Crippen LogP contribution in [0.2, 0.25) is 0 Å². The van der Waals surface area contributed by atoms with E-state index >= 15 is 0 Å². The third-order valence-electron chi connectivity index (χ3n) is 3.66. The molecule has 1 N–H and O–H groups in total. The van der Waals surface area contributed by atoms with Crippen molar-refractivity contribution >= 4 is 22.7 Å². The summed E-state index contributed by atoms with van der Waals surface area (Å²) in [7, 11) is 0. The lowest BCUT2D eigenvalue weighted by molar-refractivity contribution is 0.560. The van der Waals surface area contributed by atoms with Gasteiger partial charge in [-0.05, 0) is 35.7 Å². The first-order valence-electron chi connectivity index (χ1n) is 7.15. The van der Waals surface area contributed by atoms with Crippen LogP contribution in [0.25, 0.3) is 17.0 Å². The molecule has 3 rings (SSSR count). The molecular formula is C19H17NO2. The summed E-state index contributed by atoms with van der Waals surface area (Å²) in [5.74, 6) is 0. The fourth-order valence-corrected chi connectivity index (χ4v) is 2.41. The lowest BCUT2D eigenvalue weighted by Gasteiger charge is -2.08. The first kappa shape index (κ1) is 14.1. The largest absolute Gasteiger partial charge is 0.423 e. The minimum atomic E-state index is -0.317. The van der Waals surface area contributed by atoms with Crippen LogP contribution in [0.4, 0.5) is 5.69 Å². The molecule has 3 nitrogen and oxygen atoms in total. The normalized spacial score (nSPS) is 10.6. The fourth-order valence-electron chi connectivity index (χ4n) is 2.41. The van der Waals surface area contributed by atoms with E-state index in [1.54, 1.807) is 0 Å². The molecule has 22 heavy (non-hydrogen) atoms. The molecule has 110 valence electrons. The van der Waals surface area contributed by atoms with Gasteiger partial charge in [0.25, 0.3) is 0 Å². The first-order valence-corrected chi connectivity index (χ1v) is 7.15. The van der Waals surface area contributed by atoms with Gasteiger partial charge in [0, 0.05) is 29.8 Å². The van der Waals surface area contributed by atoms with Gasteiger partial charge in [-0.3, -0.25) is 0 Å². The van der Waals surface area contributed by atoms with Crippen molar-refractivity contribution in [3.8, 4) is 0 Å². The minimum absolute atomic E-state index is 0.317. The van der Waals surface area contributed by atoms with Crippen LogP contribution in [-0.2, 0) is 6.54 Å². The molecule has 1 aromatic heterocycles. The van der Waals surface area contributed by atoms with Gasteiger partial charge in [-0.1, -0.05) is 36.9 Å². The van der Waals surface area contributed by atoms with Gasteiger partial charge >= 0.3 is 5.63 Å². The average Bonchev–Trinajstić information content (AvgIpc) is 2.53. The van der Waals surface area contributed by atoms with E-state index in [1.807, 2.05) is 43.3 Å². The van der Waals surface area contributed by atoms with Gasteiger partial charge in [0.15, 0.2) is 0 Å². The number of nitrogens with one attached hydrogen (secondary N) is 1. The molecule has 0 unspecified atom stereocenters. The molecule has 0 aliphatic rings. The highest BCUT2D eigenvalue weighted by molar-refractivity contribution is 5.83. The van der Waals surface area contributed by atoms with Crippen LogP contribution in [0, 0.1) is 6.92 Å². The Labute approximate surface area is 128 Å². The van der Waals surface area contributed by atoms with E-state index < -0.39 is 0 Å². The molecular weight excluding hydrogens is 274 g/mol. The predicted molar refractivity (Wildman–Crippen MR) is 91.1 cm³/mol. The zero-order chi connectivity index (χ0) is 15.5.